The molecule has 7 heteroatoms. The van der Waals surface area contributed by atoms with Crippen LogP contribution < -0.4 is 16.0 Å². The number of benzene rings is 1. The third-order valence-electron chi connectivity index (χ3n) is 3.83. The highest BCUT2D eigenvalue weighted by atomic mass is 16.6. The molecule has 0 saturated heterocycles. The minimum Gasteiger partial charge on any atom is -0.444 e. The molecule has 0 aliphatic heterocycles. The summed E-state index contributed by atoms with van der Waals surface area (Å²) in [5.74, 6) is -0.628. The normalized spacial score (nSPS) is 13.7. The fourth-order valence-corrected chi connectivity index (χ4v) is 2.69. The van der Waals surface area contributed by atoms with Gasteiger partial charge in [0.1, 0.15) is 12.1 Å². The molecule has 2 rings (SSSR count). The molecule has 7 nitrogen and oxygen atoms in total. The number of anilines is 2. The van der Waals surface area contributed by atoms with Gasteiger partial charge in [-0.15, -0.1) is 0 Å². The van der Waals surface area contributed by atoms with E-state index in [-0.39, 0.29) is 12.5 Å². The van der Waals surface area contributed by atoms with Gasteiger partial charge >= 0.3 is 6.09 Å². The van der Waals surface area contributed by atoms with Crippen LogP contribution in [0.15, 0.2) is 35.9 Å². The molecule has 0 aromatic heterocycles. The van der Waals surface area contributed by atoms with Crippen LogP contribution in [0.4, 0.5) is 16.2 Å². The van der Waals surface area contributed by atoms with E-state index in [0.29, 0.717) is 11.4 Å². The summed E-state index contributed by atoms with van der Waals surface area (Å²) in [6, 6.07) is 6.92. The van der Waals surface area contributed by atoms with Gasteiger partial charge in [0.25, 0.3) is 0 Å². The number of carbonyl (C=O) groups excluding carboxylic acids is 3. The van der Waals surface area contributed by atoms with E-state index in [2.05, 4.69) is 16.0 Å². The lowest BCUT2D eigenvalue weighted by Gasteiger charge is -2.19. The van der Waals surface area contributed by atoms with Crippen molar-refractivity contribution >= 4 is 29.3 Å². The van der Waals surface area contributed by atoms with Gasteiger partial charge in [0.2, 0.25) is 11.8 Å². The van der Waals surface area contributed by atoms with Gasteiger partial charge in [-0.25, -0.2) is 4.79 Å². The Balaban J connectivity index is 1.91. The van der Waals surface area contributed by atoms with E-state index in [1.807, 2.05) is 0 Å². The number of carbonyl (C=O) groups is 3. The highest BCUT2D eigenvalue weighted by molar-refractivity contribution is 6.04. The summed E-state index contributed by atoms with van der Waals surface area (Å²) in [6.07, 6.45) is 5.13. The minimum atomic E-state index is -0.664. The largest absolute Gasteiger partial charge is 0.444 e. The number of allylic oxidation sites excluding steroid dienone is 1. The summed E-state index contributed by atoms with van der Waals surface area (Å²) in [5.41, 5.74) is 1.48. The number of rotatable bonds is 5. The molecule has 1 saturated carbocycles. The summed E-state index contributed by atoms with van der Waals surface area (Å²) < 4.78 is 5.08. The van der Waals surface area contributed by atoms with Gasteiger partial charge in [0.05, 0.1) is 11.4 Å². The van der Waals surface area contributed by atoms with Crippen molar-refractivity contribution in [2.24, 2.45) is 0 Å². The molecule has 1 fully saturated rings. The Morgan fingerprint density at radius 2 is 1.63 bits per heavy atom. The average Bonchev–Trinajstić information content (AvgIpc) is 3.06. The van der Waals surface area contributed by atoms with E-state index >= 15 is 0 Å². The van der Waals surface area contributed by atoms with Crippen LogP contribution in [0.1, 0.15) is 46.5 Å². The summed E-state index contributed by atoms with van der Waals surface area (Å²) in [5, 5.41) is 7.88. The van der Waals surface area contributed by atoms with Gasteiger partial charge < -0.3 is 20.7 Å². The first kappa shape index (κ1) is 20.5. The van der Waals surface area contributed by atoms with Crippen LogP contribution in [-0.2, 0) is 14.3 Å². The number of alkyl carbamates (subject to hydrolysis) is 1. The fraction of sp³-hybridized carbons (Fsp3) is 0.450. The van der Waals surface area contributed by atoms with E-state index in [9.17, 15) is 14.4 Å². The van der Waals surface area contributed by atoms with Gasteiger partial charge in [0, 0.05) is 6.08 Å². The standard InChI is InChI=1S/C20H27N3O4/c1-20(2,3)27-19(26)21-13-18(25)23-16-11-7-6-10-15(16)22-17(24)12-14-8-4-5-9-14/h6-7,10-12H,4-5,8-9,13H2,1-3H3,(H,21,26)(H,22,24)(H,23,25). The molecule has 0 atom stereocenters. The van der Waals surface area contributed by atoms with E-state index < -0.39 is 17.6 Å². The smallest absolute Gasteiger partial charge is 0.408 e. The second-order valence-electron chi connectivity index (χ2n) is 7.45. The molecule has 1 aromatic rings. The Labute approximate surface area is 159 Å². The monoisotopic (exact) mass is 373 g/mol. The molecule has 3 N–H and O–H groups in total. The molecule has 1 aromatic carbocycles. The number of hydrogen-bond donors (Lipinski definition) is 3. The van der Waals surface area contributed by atoms with Crippen molar-refractivity contribution in [2.75, 3.05) is 17.2 Å². The number of ether oxygens (including phenoxy) is 1. The molecule has 27 heavy (non-hydrogen) atoms. The summed E-state index contributed by atoms with van der Waals surface area (Å²) in [4.78, 5) is 35.9. The number of nitrogens with one attached hydrogen (secondary N) is 3. The maximum absolute atomic E-state index is 12.2. The maximum atomic E-state index is 12.2. The van der Waals surface area contributed by atoms with E-state index in [1.54, 1.807) is 51.1 Å². The Morgan fingerprint density at radius 3 is 2.22 bits per heavy atom. The second kappa shape index (κ2) is 9.21. The average molecular weight is 373 g/mol. The van der Waals surface area contributed by atoms with Gasteiger partial charge in [-0.1, -0.05) is 17.7 Å². The molecule has 1 aliphatic rings. The topological polar surface area (TPSA) is 96.5 Å². The number of hydrogen-bond acceptors (Lipinski definition) is 4. The first-order valence-electron chi connectivity index (χ1n) is 9.09. The molecule has 0 radical (unpaired) electrons. The van der Waals surface area contributed by atoms with Crippen LogP contribution in [0.25, 0.3) is 0 Å². The molecule has 0 bridgehead atoms. The van der Waals surface area contributed by atoms with Crippen molar-refractivity contribution in [1.29, 1.82) is 0 Å². The third-order valence-corrected chi connectivity index (χ3v) is 3.83. The van der Waals surface area contributed by atoms with Crippen molar-refractivity contribution in [3.63, 3.8) is 0 Å². The van der Waals surface area contributed by atoms with E-state index in [1.165, 1.54) is 0 Å². The van der Waals surface area contributed by atoms with Crippen molar-refractivity contribution in [3.05, 3.63) is 35.9 Å². The predicted octanol–water partition coefficient (Wildman–Crippen LogP) is 3.59. The van der Waals surface area contributed by atoms with E-state index in [0.717, 1.165) is 31.3 Å². The van der Waals surface area contributed by atoms with Crippen molar-refractivity contribution in [3.8, 4) is 0 Å². The van der Waals surface area contributed by atoms with Gasteiger partial charge in [-0.2, -0.15) is 0 Å². The van der Waals surface area contributed by atoms with Crippen molar-refractivity contribution < 1.29 is 19.1 Å². The van der Waals surface area contributed by atoms with Crippen LogP contribution in [0.5, 0.6) is 0 Å². The Bertz CT molecular complexity index is 727. The number of amides is 3. The lowest BCUT2D eigenvalue weighted by atomic mass is 10.2. The highest BCUT2D eigenvalue weighted by Crippen LogP contribution is 2.25. The molecular weight excluding hydrogens is 346 g/mol. The first-order chi connectivity index (χ1) is 12.7. The van der Waals surface area contributed by atoms with Crippen molar-refractivity contribution in [1.82, 2.24) is 5.32 Å². The predicted molar refractivity (Wildman–Crippen MR) is 104 cm³/mol. The van der Waals surface area contributed by atoms with Gasteiger partial charge in [-0.3, -0.25) is 9.59 Å². The Morgan fingerprint density at radius 1 is 1.04 bits per heavy atom. The summed E-state index contributed by atoms with van der Waals surface area (Å²) >= 11 is 0. The molecule has 3 amide bonds. The fourth-order valence-electron chi connectivity index (χ4n) is 2.69. The minimum absolute atomic E-state index is 0.208. The maximum Gasteiger partial charge on any atom is 0.408 e. The Kier molecular flexibility index (Phi) is 6.98. The lowest BCUT2D eigenvalue weighted by Crippen LogP contribution is -2.37. The lowest BCUT2D eigenvalue weighted by molar-refractivity contribution is -0.115. The Hall–Kier alpha value is -2.83. The van der Waals surface area contributed by atoms with Gasteiger partial charge in [-0.05, 0) is 58.6 Å². The van der Waals surface area contributed by atoms with E-state index in [4.69, 9.17) is 4.74 Å². The molecule has 0 spiro atoms. The molecule has 0 unspecified atom stereocenters. The molecule has 146 valence electrons. The first-order valence-corrected chi connectivity index (χ1v) is 9.09. The van der Waals surface area contributed by atoms with Crippen LogP contribution in [0.2, 0.25) is 0 Å². The highest BCUT2D eigenvalue weighted by Gasteiger charge is 2.17. The van der Waals surface area contributed by atoms with Crippen LogP contribution in [-0.4, -0.2) is 30.1 Å². The van der Waals surface area contributed by atoms with Crippen LogP contribution >= 0.6 is 0 Å². The second-order valence-corrected chi connectivity index (χ2v) is 7.45. The van der Waals surface area contributed by atoms with Crippen LogP contribution in [0.3, 0.4) is 0 Å². The third kappa shape index (κ3) is 7.52. The van der Waals surface area contributed by atoms with Gasteiger partial charge in [0.15, 0.2) is 0 Å². The molecule has 0 heterocycles. The molecule has 1 aliphatic carbocycles. The molecular formula is C20H27N3O4. The zero-order valence-corrected chi connectivity index (χ0v) is 16.1. The SMILES string of the molecule is CC(C)(C)OC(=O)NCC(=O)Nc1ccccc1NC(=O)C=C1CCCC1. The zero-order valence-electron chi connectivity index (χ0n) is 16.1. The zero-order chi connectivity index (χ0) is 19.9. The summed E-state index contributed by atoms with van der Waals surface area (Å²) in [6.45, 7) is 4.99. The van der Waals surface area contributed by atoms with Crippen LogP contribution in [0, 0.1) is 0 Å². The number of para-hydroxylation sites is 2. The quantitative estimate of drug-likeness (QED) is 0.687. The van der Waals surface area contributed by atoms with Crippen molar-refractivity contribution in [2.45, 2.75) is 52.1 Å². The summed E-state index contributed by atoms with van der Waals surface area (Å²) in [7, 11) is 0.